The number of aromatic nitrogens is 3. The highest BCUT2D eigenvalue weighted by atomic mass is 32.2. The molecule has 1 atom stereocenters. The van der Waals surface area contributed by atoms with Crippen molar-refractivity contribution in [2.24, 2.45) is 0 Å². The predicted octanol–water partition coefficient (Wildman–Crippen LogP) is 4.82. The number of hydrogen-bond donors (Lipinski definition) is 0. The van der Waals surface area contributed by atoms with Crippen LogP contribution in [0.5, 0.6) is 0 Å². The second-order valence-corrected chi connectivity index (χ2v) is 9.28. The number of thioether (sulfide) groups is 1. The number of benzene rings is 3. The van der Waals surface area contributed by atoms with Crippen LogP contribution in [-0.2, 0) is 16.1 Å². The first-order chi connectivity index (χ1) is 17.2. The fraction of sp³-hybridized carbons (Fsp3) is 0.222. The van der Waals surface area contributed by atoms with Gasteiger partial charge in [0.05, 0.1) is 25.3 Å². The van der Waals surface area contributed by atoms with Crippen LogP contribution in [0, 0.1) is 5.82 Å². The Hall–Kier alpha value is -3.49. The molecule has 0 spiro atoms. The van der Waals surface area contributed by atoms with Gasteiger partial charge in [0.2, 0.25) is 5.91 Å². The number of amides is 1. The summed E-state index contributed by atoms with van der Waals surface area (Å²) in [5, 5.41) is 8.85. The first-order valence-corrected chi connectivity index (χ1v) is 12.4. The fourth-order valence-corrected chi connectivity index (χ4v) is 5.19. The van der Waals surface area contributed by atoms with Crippen LogP contribution in [0.3, 0.4) is 0 Å². The number of rotatable bonds is 7. The second kappa shape index (κ2) is 10.8. The van der Waals surface area contributed by atoms with Gasteiger partial charge in [0.25, 0.3) is 0 Å². The van der Waals surface area contributed by atoms with Crippen molar-refractivity contribution in [2.75, 3.05) is 26.3 Å². The third-order valence-corrected chi connectivity index (χ3v) is 7.11. The molecule has 0 bridgehead atoms. The molecule has 4 aromatic rings. The molecule has 0 saturated carbocycles. The van der Waals surface area contributed by atoms with Crippen molar-refractivity contribution in [1.29, 1.82) is 0 Å². The minimum Gasteiger partial charge on any atom is -0.378 e. The van der Waals surface area contributed by atoms with Gasteiger partial charge in [0.1, 0.15) is 11.1 Å². The molecule has 3 aromatic carbocycles. The van der Waals surface area contributed by atoms with Gasteiger partial charge < -0.3 is 9.64 Å². The normalized spacial score (nSPS) is 14.6. The molecule has 1 fully saturated rings. The highest BCUT2D eigenvalue weighted by Crippen LogP contribution is 2.38. The van der Waals surface area contributed by atoms with Crippen LogP contribution in [0.4, 0.5) is 4.39 Å². The standard InChI is InChI=1S/C27H25FN4O2S/c28-23-14-8-7-13-22(23)25-29-30-27(32(25)19-20-9-3-1-4-10-20)35-24(21-11-5-2-6-12-21)26(33)31-15-17-34-18-16-31/h1-14,24H,15-19H2/t24-/m1/s1. The van der Waals surface area contributed by atoms with Gasteiger partial charge in [-0.2, -0.15) is 0 Å². The molecule has 1 aromatic heterocycles. The molecule has 178 valence electrons. The third-order valence-electron chi connectivity index (χ3n) is 5.89. The lowest BCUT2D eigenvalue weighted by Gasteiger charge is -2.30. The van der Waals surface area contributed by atoms with Crippen molar-refractivity contribution >= 4 is 17.7 Å². The summed E-state index contributed by atoms with van der Waals surface area (Å²) in [6.45, 7) is 2.62. The van der Waals surface area contributed by atoms with Crippen LogP contribution in [0.1, 0.15) is 16.4 Å². The van der Waals surface area contributed by atoms with E-state index in [0.717, 1.165) is 11.1 Å². The first kappa shape index (κ1) is 23.3. The second-order valence-electron chi connectivity index (χ2n) is 8.20. The molecule has 6 nitrogen and oxygen atoms in total. The van der Waals surface area contributed by atoms with E-state index in [4.69, 9.17) is 4.74 Å². The quantitative estimate of drug-likeness (QED) is 0.349. The van der Waals surface area contributed by atoms with Crippen LogP contribution in [0.25, 0.3) is 11.4 Å². The minimum absolute atomic E-state index is 0.00574. The van der Waals surface area contributed by atoms with Gasteiger partial charge in [-0.25, -0.2) is 4.39 Å². The van der Waals surface area contributed by atoms with Crippen LogP contribution < -0.4 is 0 Å². The van der Waals surface area contributed by atoms with Gasteiger partial charge in [0.15, 0.2) is 11.0 Å². The summed E-state index contributed by atoms with van der Waals surface area (Å²) in [4.78, 5) is 15.5. The van der Waals surface area contributed by atoms with Gasteiger partial charge >= 0.3 is 0 Å². The van der Waals surface area contributed by atoms with E-state index in [1.807, 2.05) is 70.1 Å². The molecule has 0 N–H and O–H groups in total. The van der Waals surface area contributed by atoms with E-state index >= 15 is 0 Å². The Morgan fingerprint density at radius 3 is 2.29 bits per heavy atom. The Morgan fingerprint density at radius 2 is 1.57 bits per heavy atom. The maximum Gasteiger partial charge on any atom is 0.240 e. The van der Waals surface area contributed by atoms with Crippen molar-refractivity contribution in [3.63, 3.8) is 0 Å². The fourth-order valence-electron chi connectivity index (χ4n) is 4.07. The summed E-state index contributed by atoms with van der Waals surface area (Å²) in [6, 6.07) is 26.1. The van der Waals surface area contributed by atoms with Crippen molar-refractivity contribution in [2.45, 2.75) is 17.0 Å². The van der Waals surface area contributed by atoms with E-state index in [0.29, 0.717) is 49.4 Å². The Labute approximate surface area is 207 Å². The van der Waals surface area contributed by atoms with Crippen LogP contribution in [0.2, 0.25) is 0 Å². The van der Waals surface area contributed by atoms with Gasteiger partial charge in [-0.05, 0) is 23.3 Å². The summed E-state index contributed by atoms with van der Waals surface area (Å²) in [7, 11) is 0. The molecule has 0 unspecified atom stereocenters. The van der Waals surface area contributed by atoms with E-state index in [1.165, 1.54) is 17.8 Å². The zero-order valence-corrected chi connectivity index (χ0v) is 19.9. The summed E-state index contributed by atoms with van der Waals surface area (Å²) >= 11 is 1.35. The molecule has 2 heterocycles. The van der Waals surface area contributed by atoms with Gasteiger partial charge in [-0.1, -0.05) is 84.6 Å². The summed E-state index contributed by atoms with van der Waals surface area (Å²) in [5.41, 5.74) is 2.29. The van der Waals surface area contributed by atoms with Crippen molar-refractivity contribution < 1.29 is 13.9 Å². The predicted molar refractivity (Wildman–Crippen MR) is 133 cm³/mol. The van der Waals surface area contributed by atoms with Crippen molar-refractivity contribution in [1.82, 2.24) is 19.7 Å². The SMILES string of the molecule is O=C([C@H](Sc1nnc(-c2ccccc2F)n1Cc1ccccc1)c1ccccc1)N1CCOCC1. The largest absolute Gasteiger partial charge is 0.378 e. The zero-order chi connectivity index (χ0) is 24.0. The maximum absolute atomic E-state index is 14.7. The highest BCUT2D eigenvalue weighted by molar-refractivity contribution is 8.00. The molecule has 1 amide bonds. The number of ether oxygens (including phenoxy) is 1. The molecular weight excluding hydrogens is 463 g/mol. The smallest absolute Gasteiger partial charge is 0.240 e. The third kappa shape index (κ3) is 5.28. The molecule has 8 heteroatoms. The molecule has 5 rings (SSSR count). The number of carbonyl (C=O) groups is 1. The van der Waals surface area contributed by atoms with E-state index < -0.39 is 5.25 Å². The molecule has 1 aliphatic rings. The molecule has 0 radical (unpaired) electrons. The average molecular weight is 489 g/mol. The number of halogens is 1. The van der Waals surface area contributed by atoms with Crippen molar-refractivity contribution in [3.05, 3.63) is 102 Å². The minimum atomic E-state index is -0.513. The first-order valence-electron chi connectivity index (χ1n) is 11.5. The van der Waals surface area contributed by atoms with Gasteiger partial charge in [-0.3, -0.25) is 9.36 Å². The lowest BCUT2D eigenvalue weighted by Crippen LogP contribution is -2.42. The number of hydrogen-bond acceptors (Lipinski definition) is 5. The number of carbonyl (C=O) groups excluding carboxylic acids is 1. The van der Waals surface area contributed by atoms with E-state index in [2.05, 4.69) is 10.2 Å². The van der Waals surface area contributed by atoms with E-state index in [-0.39, 0.29) is 11.7 Å². The zero-order valence-electron chi connectivity index (χ0n) is 19.1. The van der Waals surface area contributed by atoms with Crippen molar-refractivity contribution in [3.8, 4) is 11.4 Å². The Bertz CT molecular complexity index is 1280. The monoisotopic (exact) mass is 488 g/mol. The summed E-state index contributed by atoms with van der Waals surface area (Å²) in [5.74, 6) is 0.0704. The number of nitrogens with zero attached hydrogens (tertiary/aromatic N) is 4. The van der Waals surface area contributed by atoms with E-state index in [1.54, 1.807) is 18.2 Å². The lowest BCUT2D eigenvalue weighted by atomic mass is 10.1. The number of morpholine rings is 1. The van der Waals surface area contributed by atoms with Crippen LogP contribution in [0.15, 0.2) is 90.1 Å². The van der Waals surface area contributed by atoms with Gasteiger partial charge in [-0.15, -0.1) is 10.2 Å². The Kier molecular flexibility index (Phi) is 7.20. The molecule has 35 heavy (non-hydrogen) atoms. The maximum atomic E-state index is 14.7. The molecular formula is C27H25FN4O2S. The Balaban J connectivity index is 1.55. The molecule has 0 aliphatic carbocycles. The highest BCUT2D eigenvalue weighted by Gasteiger charge is 2.30. The van der Waals surface area contributed by atoms with E-state index in [9.17, 15) is 9.18 Å². The summed E-state index contributed by atoms with van der Waals surface area (Å²) < 4.78 is 22.1. The molecule has 1 saturated heterocycles. The van der Waals surface area contributed by atoms with Crippen LogP contribution >= 0.6 is 11.8 Å². The van der Waals surface area contributed by atoms with Crippen LogP contribution in [-0.4, -0.2) is 51.9 Å². The Morgan fingerprint density at radius 1 is 0.914 bits per heavy atom. The topological polar surface area (TPSA) is 60.2 Å². The summed E-state index contributed by atoms with van der Waals surface area (Å²) in [6.07, 6.45) is 0. The lowest BCUT2D eigenvalue weighted by molar-refractivity contribution is -0.134. The molecule has 1 aliphatic heterocycles. The average Bonchev–Trinajstić information content (AvgIpc) is 3.30. The van der Waals surface area contributed by atoms with Gasteiger partial charge in [0, 0.05) is 13.1 Å².